The first-order chi connectivity index (χ1) is 16.1. The summed E-state index contributed by atoms with van der Waals surface area (Å²) in [5, 5.41) is 6.00. The Hall–Kier alpha value is -3.51. The molecule has 2 N–H and O–H groups in total. The number of likely N-dealkylation sites (tertiary alicyclic amines) is 1. The maximum absolute atomic E-state index is 12.7. The highest BCUT2D eigenvalue weighted by atomic mass is 16.2. The average Bonchev–Trinajstić information content (AvgIpc) is 2.84. The van der Waals surface area contributed by atoms with E-state index >= 15 is 0 Å². The van der Waals surface area contributed by atoms with E-state index in [9.17, 15) is 9.59 Å². The molecule has 2 heterocycles. The molecular formula is C27H30N4O2. The fourth-order valence-electron chi connectivity index (χ4n) is 4.25. The standard InChI is InChI=1S/C27H30N4O2/c1-20-9-7-15-25(28-20)30-27(33)22-12-8-17-31(19-22)18-16-26(32)29-24-14-6-5-13-23(24)21-10-3-2-4-11-21/h2-7,9-11,13-15,22H,8,12,16-19H2,1H3,(H,29,32)(H,28,30,33). The van der Waals surface area contributed by atoms with Gasteiger partial charge in [-0.3, -0.25) is 9.59 Å². The molecule has 1 unspecified atom stereocenters. The fourth-order valence-corrected chi connectivity index (χ4v) is 4.25. The Morgan fingerprint density at radius 3 is 2.58 bits per heavy atom. The lowest BCUT2D eigenvalue weighted by Crippen LogP contribution is -2.41. The number of para-hydroxylation sites is 1. The summed E-state index contributed by atoms with van der Waals surface area (Å²) in [5.74, 6) is 0.476. The summed E-state index contributed by atoms with van der Waals surface area (Å²) in [7, 11) is 0. The zero-order chi connectivity index (χ0) is 23.0. The van der Waals surface area contributed by atoms with Crippen molar-refractivity contribution in [2.24, 2.45) is 5.92 Å². The van der Waals surface area contributed by atoms with Gasteiger partial charge in [-0.2, -0.15) is 0 Å². The zero-order valence-corrected chi connectivity index (χ0v) is 19.0. The first kappa shape index (κ1) is 22.7. The van der Waals surface area contributed by atoms with E-state index in [4.69, 9.17) is 0 Å². The largest absolute Gasteiger partial charge is 0.325 e. The molecule has 1 fully saturated rings. The summed E-state index contributed by atoms with van der Waals surface area (Å²) < 4.78 is 0. The van der Waals surface area contributed by atoms with Crippen LogP contribution in [-0.2, 0) is 9.59 Å². The van der Waals surface area contributed by atoms with Gasteiger partial charge in [-0.05, 0) is 50.1 Å². The quantitative estimate of drug-likeness (QED) is 0.554. The van der Waals surface area contributed by atoms with E-state index in [2.05, 4.69) is 20.5 Å². The maximum Gasteiger partial charge on any atom is 0.229 e. The number of nitrogens with zero attached hydrogens (tertiary/aromatic N) is 2. The number of hydrogen-bond donors (Lipinski definition) is 2. The molecule has 1 saturated heterocycles. The van der Waals surface area contributed by atoms with Crippen LogP contribution in [0.5, 0.6) is 0 Å². The van der Waals surface area contributed by atoms with Gasteiger partial charge in [0.2, 0.25) is 11.8 Å². The molecule has 1 atom stereocenters. The van der Waals surface area contributed by atoms with E-state index in [1.807, 2.05) is 79.7 Å². The van der Waals surface area contributed by atoms with E-state index in [0.29, 0.717) is 25.3 Å². The molecule has 3 aromatic rings. The molecule has 1 aromatic heterocycles. The SMILES string of the molecule is Cc1cccc(NC(=O)C2CCCN(CCC(=O)Nc3ccccc3-c3ccccc3)C2)n1. The van der Waals surface area contributed by atoms with Gasteiger partial charge in [0.15, 0.2) is 0 Å². The number of pyridine rings is 1. The molecule has 0 radical (unpaired) electrons. The van der Waals surface area contributed by atoms with Crippen molar-refractivity contribution in [3.8, 4) is 11.1 Å². The van der Waals surface area contributed by atoms with Gasteiger partial charge in [0, 0.05) is 36.5 Å². The van der Waals surface area contributed by atoms with Crippen LogP contribution < -0.4 is 10.6 Å². The van der Waals surface area contributed by atoms with E-state index in [-0.39, 0.29) is 17.7 Å². The Morgan fingerprint density at radius 1 is 0.970 bits per heavy atom. The predicted molar refractivity (Wildman–Crippen MR) is 132 cm³/mol. The molecule has 0 spiro atoms. The van der Waals surface area contributed by atoms with Crippen LogP contribution in [0, 0.1) is 12.8 Å². The van der Waals surface area contributed by atoms with Crippen LogP contribution in [-0.4, -0.2) is 41.3 Å². The zero-order valence-electron chi connectivity index (χ0n) is 19.0. The lowest BCUT2D eigenvalue weighted by molar-refractivity contribution is -0.121. The van der Waals surface area contributed by atoms with Gasteiger partial charge in [-0.15, -0.1) is 0 Å². The normalized spacial score (nSPS) is 16.2. The van der Waals surface area contributed by atoms with Gasteiger partial charge >= 0.3 is 0 Å². The van der Waals surface area contributed by atoms with Crippen molar-refractivity contribution in [2.75, 3.05) is 30.3 Å². The number of benzene rings is 2. The van der Waals surface area contributed by atoms with Crippen LogP contribution in [0.25, 0.3) is 11.1 Å². The minimum Gasteiger partial charge on any atom is -0.325 e. The summed E-state index contributed by atoms with van der Waals surface area (Å²) in [6.45, 7) is 4.10. The topological polar surface area (TPSA) is 74.3 Å². The number of aryl methyl sites for hydroxylation is 1. The van der Waals surface area contributed by atoms with Crippen molar-refractivity contribution in [3.63, 3.8) is 0 Å². The monoisotopic (exact) mass is 442 g/mol. The Balaban J connectivity index is 1.30. The number of amides is 2. The number of carbonyl (C=O) groups excluding carboxylic acids is 2. The summed E-state index contributed by atoms with van der Waals surface area (Å²) >= 11 is 0. The second-order valence-corrected chi connectivity index (χ2v) is 8.50. The third-order valence-electron chi connectivity index (χ3n) is 5.96. The molecule has 2 aromatic carbocycles. The summed E-state index contributed by atoms with van der Waals surface area (Å²) in [6, 6.07) is 23.5. The summed E-state index contributed by atoms with van der Waals surface area (Å²) in [6.07, 6.45) is 2.18. The van der Waals surface area contributed by atoms with Crippen LogP contribution in [0.2, 0.25) is 0 Å². The Labute approximate surface area is 195 Å². The molecule has 0 bridgehead atoms. The van der Waals surface area contributed by atoms with Crippen LogP contribution in [0.1, 0.15) is 25.0 Å². The number of nitrogens with one attached hydrogen (secondary N) is 2. The van der Waals surface area contributed by atoms with Crippen molar-refractivity contribution in [3.05, 3.63) is 78.5 Å². The fraction of sp³-hybridized carbons (Fsp3) is 0.296. The predicted octanol–water partition coefficient (Wildman–Crippen LogP) is 4.74. The van der Waals surface area contributed by atoms with Gasteiger partial charge in [0.1, 0.15) is 5.82 Å². The molecule has 6 heteroatoms. The van der Waals surface area contributed by atoms with Crippen molar-refractivity contribution in [1.82, 2.24) is 9.88 Å². The first-order valence-electron chi connectivity index (χ1n) is 11.5. The number of carbonyl (C=O) groups is 2. The molecule has 2 amide bonds. The third kappa shape index (κ3) is 6.26. The van der Waals surface area contributed by atoms with Gasteiger partial charge in [-0.1, -0.05) is 54.6 Å². The van der Waals surface area contributed by atoms with E-state index in [0.717, 1.165) is 41.9 Å². The van der Waals surface area contributed by atoms with Crippen LogP contribution in [0.15, 0.2) is 72.8 Å². The minimum atomic E-state index is -0.0945. The van der Waals surface area contributed by atoms with E-state index in [1.54, 1.807) is 0 Å². The van der Waals surface area contributed by atoms with Gasteiger partial charge in [0.25, 0.3) is 0 Å². The lowest BCUT2D eigenvalue weighted by Gasteiger charge is -2.31. The number of hydrogen-bond acceptors (Lipinski definition) is 4. The van der Waals surface area contributed by atoms with Crippen molar-refractivity contribution in [2.45, 2.75) is 26.2 Å². The molecule has 33 heavy (non-hydrogen) atoms. The molecule has 0 saturated carbocycles. The van der Waals surface area contributed by atoms with Crippen LogP contribution in [0.4, 0.5) is 11.5 Å². The Kier molecular flexibility index (Phi) is 7.47. The summed E-state index contributed by atoms with van der Waals surface area (Å²) in [5.41, 5.74) is 3.76. The minimum absolute atomic E-state index is 0.000889. The highest BCUT2D eigenvalue weighted by Gasteiger charge is 2.26. The molecule has 170 valence electrons. The molecule has 1 aliphatic heterocycles. The van der Waals surface area contributed by atoms with Crippen LogP contribution >= 0.6 is 0 Å². The third-order valence-corrected chi connectivity index (χ3v) is 5.96. The smallest absolute Gasteiger partial charge is 0.229 e. The van der Waals surface area contributed by atoms with Crippen molar-refractivity contribution < 1.29 is 9.59 Å². The average molecular weight is 443 g/mol. The maximum atomic E-state index is 12.7. The first-order valence-corrected chi connectivity index (χ1v) is 11.5. The van der Waals surface area contributed by atoms with Gasteiger partial charge < -0.3 is 15.5 Å². The van der Waals surface area contributed by atoms with Gasteiger partial charge in [-0.25, -0.2) is 4.98 Å². The molecule has 4 rings (SSSR count). The second-order valence-electron chi connectivity index (χ2n) is 8.50. The second kappa shape index (κ2) is 10.9. The molecule has 6 nitrogen and oxygen atoms in total. The highest BCUT2D eigenvalue weighted by molar-refractivity contribution is 5.95. The summed E-state index contributed by atoms with van der Waals surface area (Å²) in [4.78, 5) is 32.0. The van der Waals surface area contributed by atoms with Crippen LogP contribution in [0.3, 0.4) is 0 Å². The Morgan fingerprint density at radius 2 is 1.76 bits per heavy atom. The lowest BCUT2D eigenvalue weighted by atomic mass is 9.97. The Bertz CT molecular complexity index is 1100. The molecule has 1 aliphatic rings. The molecular weight excluding hydrogens is 412 g/mol. The molecule has 0 aliphatic carbocycles. The van der Waals surface area contributed by atoms with Crippen molar-refractivity contribution in [1.29, 1.82) is 0 Å². The van der Waals surface area contributed by atoms with Crippen molar-refractivity contribution >= 4 is 23.3 Å². The van der Waals surface area contributed by atoms with E-state index < -0.39 is 0 Å². The van der Waals surface area contributed by atoms with Gasteiger partial charge in [0.05, 0.1) is 5.92 Å². The number of aromatic nitrogens is 1. The van der Waals surface area contributed by atoms with E-state index in [1.165, 1.54) is 0 Å². The number of rotatable bonds is 7. The number of piperidine rings is 1. The number of anilines is 2. The highest BCUT2D eigenvalue weighted by Crippen LogP contribution is 2.27.